The molecule has 0 aliphatic rings. The van der Waals surface area contributed by atoms with Crippen LogP contribution in [-0.4, -0.2) is 37.9 Å². The van der Waals surface area contributed by atoms with E-state index >= 15 is 0 Å². The van der Waals surface area contributed by atoms with Gasteiger partial charge in [0.1, 0.15) is 0 Å². The van der Waals surface area contributed by atoms with Gasteiger partial charge in [0, 0.05) is 36.1 Å². The first-order valence-corrected chi connectivity index (χ1v) is 9.84. The van der Waals surface area contributed by atoms with Gasteiger partial charge in [0.2, 0.25) is 0 Å². The lowest BCUT2D eigenvalue weighted by Gasteiger charge is -2.18. The van der Waals surface area contributed by atoms with E-state index < -0.39 is 0 Å². The number of nitrogens with one attached hydrogen (secondary N) is 1. The van der Waals surface area contributed by atoms with E-state index in [1.165, 1.54) is 0 Å². The number of carbonyl (C=O) groups excluding carboxylic acids is 2. The van der Waals surface area contributed by atoms with E-state index in [-0.39, 0.29) is 11.8 Å². The summed E-state index contributed by atoms with van der Waals surface area (Å²) in [6.07, 6.45) is 0. The van der Waals surface area contributed by atoms with Crippen LogP contribution in [0.5, 0.6) is 0 Å². The molecule has 3 rings (SSSR count). The Morgan fingerprint density at radius 3 is 2.23 bits per heavy atom. The van der Waals surface area contributed by atoms with Crippen LogP contribution in [0.3, 0.4) is 0 Å². The monoisotopic (exact) mass is 401 g/mol. The van der Waals surface area contributed by atoms with Crippen molar-refractivity contribution in [2.45, 2.75) is 13.5 Å². The van der Waals surface area contributed by atoms with E-state index in [1.54, 1.807) is 36.2 Å². The van der Waals surface area contributed by atoms with Gasteiger partial charge in [-0.25, -0.2) is 0 Å². The molecule has 0 spiro atoms. The fourth-order valence-corrected chi connectivity index (χ4v) is 3.27. The van der Waals surface area contributed by atoms with Gasteiger partial charge in [-0.2, -0.15) is 0 Å². The Labute approximate surface area is 177 Å². The molecule has 0 aliphatic carbocycles. The Hall–Kier alpha value is -3.44. The third-order valence-electron chi connectivity index (χ3n) is 4.82. The smallest absolute Gasteiger partial charge is 0.258 e. The molecule has 0 atom stereocenters. The molecule has 0 aromatic heterocycles. The Morgan fingerprint density at radius 2 is 1.53 bits per heavy atom. The average Bonchev–Trinajstić information content (AvgIpc) is 2.75. The van der Waals surface area contributed by atoms with Crippen molar-refractivity contribution >= 4 is 23.2 Å². The van der Waals surface area contributed by atoms with Crippen molar-refractivity contribution in [3.8, 4) is 0 Å². The highest BCUT2D eigenvalue weighted by Gasteiger charge is 2.16. The van der Waals surface area contributed by atoms with E-state index in [9.17, 15) is 9.59 Å². The summed E-state index contributed by atoms with van der Waals surface area (Å²) in [4.78, 5) is 29.4. The third kappa shape index (κ3) is 5.13. The van der Waals surface area contributed by atoms with Gasteiger partial charge in [-0.3, -0.25) is 9.59 Å². The summed E-state index contributed by atoms with van der Waals surface area (Å²) in [5, 5.41) is 3.00. The summed E-state index contributed by atoms with van der Waals surface area (Å²) in [6, 6.07) is 22.2. The number of amides is 2. The number of nitrogens with zero attached hydrogens (tertiary/aromatic N) is 2. The first-order chi connectivity index (χ1) is 14.3. The van der Waals surface area contributed by atoms with Crippen LogP contribution >= 0.6 is 0 Å². The molecule has 5 nitrogen and oxygen atoms in total. The van der Waals surface area contributed by atoms with Gasteiger partial charge >= 0.3 is 0 Å². The maximum Gasteiger partial charge on any atom is 0.258 e. The van der Waals surface area contributed by atoms with Crippen LogP contribution in [0.15, 0.2) is 72.8 Å². The van der Waals surface area contributed by atoms with E-state index in [4.69, 9.17) is 0 Å². The lowest BCUT2D eigenvalue weighted by molar-refractivity contribution is 0.0993. The van der Waals surface area contributed by atoms with Crippen molar-refractivity contribution in [3.05, 3.63) is 95.1 Å². The summed E-state index contributed by atoms with van der Waals surface area (Å²) in [7, 11) is 5.71. The molecule has 0 fully saturated rings. The zero-order valence-corrected chi connectivity index (χ0v) is 17.8. The van der Waals surface area contributed by atoms with E-state index in [1.807, 2.05) is 63.5 Å². The molecule has 1 N–H and O–H groups in total. The van der Waals surface area contributed by atoms with Crippen LogP contribution in [0.25, 0.3) is 0 Å². The van der Waals surface area contributed by atoms with E-state index in [0.29, 0.717) is 11.1 Å². The van der Waals surface area contributed by atoms with Crippen molar-refractivity contribution in [1.82, 2.24) is 4.90 Å². The first-order valence-electron chi connectivity index (χ1n) is 9.84. The number of hydrogen-bond acceptors (Lipinski definition) is 3. The molecule has 2 amide bonds. The van der Waals surface area contributed by atoms with Crippen LogP contribution in [0, 0.1) is 6.92 Å². The second kappa shape index (κ2) is 9.37. The molecule has 0 radical (unpaired) electrons. The molecule has 0 aliphatic heterocycles. The largest absolute Gasteiger partial charge is 0.322 e. The maximum absolute atomic E-state index is 12.9. The van der Waals surface area contributed by atoms with Crippen molar-refractivity contribution in [1.29, 1.82) is 0 Å². The molecule has 5 heteroatoms. The van der Waals surface area contributed by atoms with Gasteiger partial charge in [0.15, 0.2) is 0 Å². The molecular weight excluding hydrogens is 374 g/mol. The summed E-state index contributed by atoms with van der Waals surface area (Å²) in [5.74, 6) is -0.407. The minimum Gasteiger partial charge on any atom is -0.322 e. The molecule has 0 saturated carbocycles. The van der Waals surface area contributed by atoms with Gasteiger partial charge in [-0.05, 0) is 63.0 Å². The summed E-state index contributed by atoms with van der Waals surface area (Å²) >= 11 is 0. The van der Waals surface area contributed by atoms with Crippen LogP contribution in [0.1, 0.15) is 31.8 Å². The van der Waals surface area contributed by atoms with Crippen LogP contribution < -0.4 is 10.2 Å². The molecule has 30 heavy (non-hydrogen) atoms. The number of anilines is 2. The van der Waals surface area contributed by atoms with Crippen molar-refractivity contribution in [3.63, 3.8) is 0 Å². The maximum atomic E-state index is 12.9. The Balaban J connectivity index is 1.81. The molecule has 3 aromatic rings. The summed E-state index contributed by atoms with van der Waals surface area (Å²) in [6.45, 7) is 2.75. The molecule has 3 aromatic carbocycles. The number of para-hydroxylation sites is 1. The standard InChI is InChI=1S/C25H27N3O2/c1-18-13-14-23(21(15-18)17-27(2)3)26-24(29)19-9-8-10-20(16-19)25(30)28(4)22-11-6-5-7-12-22/h5-16H,17H2,1-4H3,(H,26,29). The number of hydrogen-bond donors (Lipinski definition) is 1. The minimum atomic E-state index is -0.240. The predicted molar refractivity (Wildman–Crippen MR) is 122 cm³/mol. The molecule has 0 bridgehead atoms. The fraction of sp³-hybridized carbons (Fsp3) is 0.200. The van der Waals surface area contributed by atoms with Crippen molar-refractivity contribution < 1.29 is 9.59 Å². The quantitative estimate of drug-likeness (QED) is 0.657. The third-order valence-corrected chi connectivity index (χ3v) is 4.82. The van der Waals surface area contributed by atoms with Crippen molar-refractivity contribution in [2.24, 2.45) is 0 Å². The van der Waals surface area contributed by atoms with Gasteiger partial charge in [0.25, 0.3) is 11.8 Å². The molecular formula is C25H27N3O2. The zero-order valence-electron chi connectivity index (χ0n) is 17.8. The first kappa shape index (κ1) is 21.3. The minimum absolute atomic E-state index is 0.167. The highest BCUT2D eigenvalue weighted by Crippen LogP contribution is 2.21. The lowest BCUT2D eigenvalue weighted by Crippen LogP contribution is -2.26. The zero-order chi connectivity index (χ0) is 21.7. The Bertz CT molecular complexity index is 1050. The highest BCUT2D eigenvalue weighted by molar-refractivity contribution is 6.09. The normalized spacial score (nSPS) is 10.7. The van der Waals surface area contributed by atoms with Crippen LogP contribution in [0.2, 0.25) is 0 Å². The van der Waals surface area contributed by atoms with Crippen LogP contribution in [0.4, 0.5) is 11.4 Å². The topological polar surface area (TPSA) is 52.7 Å². The molecule has 0 saturated heterocycles. The number of benzene rings is 3. The number of rotatable bonds is 6. The fourth-order valence-electron chi connectivity index (χ4n) is 3.27. The molecule has 0 heterocycles. The van der Waals surface area contributed by atoms with Gasteiger partial charge < -0.3 is 15.1 Å². The Kier molecular flexibility index (Phi) is 6.65. The summed E-state index contributed by atoms with van der Waals surface area (Å²) in [5.41, 5.74) is 4.67. The number of aryl methyl sites for hydroxylation is 1. The second-order valence-electron chi connectivity index (χ2n) is 7.63. The van der Waals surface area contributed by atoms with Crippen molar-refractivity contribution in [2.75, 3.05) is 31.4 Å². The molecule has 0 unspecified atom stereocenters. The number of carbonyl (C=O) groups is 2. The lowest BCUT2D eigenvalue weighted by atomic mass is 10.1. The Morgan fingerprint density at radius 1 is 0.833 bits per heavy atom. The van der Waals surface area contributed by atoms with E-state index in [0.717, 1.165) is 29.0 Å². The van der Waals surface area contributed by atoms with Crippen LogP contribution in [-0.2, 0) is 6.54 Å². The predicted octanol–water partition coefficient (Wildman–Crippen LogP) is 4.59. The SMILES string of the molecule is Cc1ccc(NC(=O)c2cccc(C(=O)N(C)c3ccccc3)c2)c(CN(C)C)c1. The van der Waals surface area contributed by atoms with E-state index in [2.05, 4.69) is 16.3 Å². The highest BCUT2D eigenvalue weighted by atomic mass is 16.2. The van der Waals surface area contributed by atoms with Gasteiger partial charge in [-0.15, -0.1) is 0 Å². The molecule has 154 valence electrons. The van der Waals surface area contributed by atoms with Gasteiger partial charge in [-0.1, -0.05) is 42.0 Å². The van der Waals surface area contributed by atoms with Gasteiger partial charge in [0.05, 0.1) is 0 Å². The second-order valence-corrected chi connectivity index (χ2v) is 7.63. The average molecular weight is 402 g/mol. The summed E-state index contributed by atoms with van der Waals surface area (Å²) < 4.78 is 0.